The van der Waals surface area contributed by atoms with E-state index in [1.54, 1.807) is 11.8 Å². The molecule has 2 rings (SSSR count). The first kappa shape index (κ1) is 16.8. The highest BCUT2D eigenvalue weighted by Gasteiger charge is 2.41. The summed E-state index contributed by atoms with van der Waals surface area (Å²) in [5.74, 6) is 0.700. The minimum atomic E-state index is -0.348. The number of thioether (sulfide) groups is 1. The Labute approximate surface area is 138 Å². The van der Waals surface area contributed by atoms with Crippen molar-refractivity contribution in [3.63, 3.8) is 0 Å². The topological polar surface area (TPSA) is 52.6 Å². The van der Waals surface area contributed by atoms with Gasteiger partial charge in [0.05, 0.1) is 0 Å². The number of amides is 1. The molecule has 1 amide bonds. The van der Waals surface area contributed by atoms with Gasteiger partial charge in [-0.15, -0.1) is 0 Å². The maximum Gasteiger partial charge on any atom is 0.262 e. The second-order valence-electron chi connectivity index (χ2n) is 5.78. The summed E-state index contributed by atoms with van der Waals surface area (Å²) < 4.78 is 0.807. The minimum Gasteiger partial charge on any atom is -0.289 e. The second-order valence-corrected chi connectivity index (χ2v) is 8.45. The lowest BCUT2D eigenvalue weighted by molar-refractivity contribution is -0.136. The Morgan fingerprint density at radius 1 is 1.48 bits per heavy atom. The number of halogens is 1. The average Bonchev–Trinajstić information content (AvgIpc) is 2.59. The summed E-state index contributed by atoms with van der Waals surface area (Å²) in [7, 11) is 0. The van der Waals surface area contributed by atoms with E-state index in [9.17, 15) is 4.79 Å². The lowest BCUT2D eigenvalue weighted by Crippen LogP contribution is -2.55. The standard InChI is InChI=1S/C15H21BrN2O2S/c1-15(2)13(14(19)17-20)18(8-3-9-21-15)10-11-4-6-12(16)7-5-11/h4-7,13,20H,3,8-10H2,1-2H3,(H,17,19)/t13-/m0/s1. The number of hydrogen-bond donors (Lipinski definition) is 2. The van der Waals surface area contributed by atoms with E-state index in [0.29, 0.717) is 6.54 Å². The van der Waals surface area contributed by atoms with E-state index in [4.69, 9.17) is 5.21 Å². The monoisotopic (exact) mass is 372 g/mol. The fraction of sp³-hybridized carbons (Fsp3) is 0.533. The molecule has 1 aliphatic rings. The minimum absolute atomic E-state index is 0.237. The molecule has 0 bridgehead atoms. The Kier molecular flexibility index (Phi) is 5.71. The molecule has 0 radical (unpaired) electrons. The normalized spacial score (nSPS) is 22.6. The first-order chi connectivity index (χ1) is 9.94. The summed E-state index contributed by atoms with van der Waals surface area (Å²) >= 11 is 5.22. The molecule has 21 heavy (non-hydrogen) atoms. The molecular weight excluding hydrogens is 352 g/mol. The van der Waals surface area contributed by atoms with Crippen LogP contribution in [0.4, 0.5) is 0 Å². The highest BCUT2D eigenvalue weighted by molar-refractivity contribution is 9.10. The molecule has 0 aliphatic carbocycles. The summed E-state index contributed by atoms with van der Waals surface area (Å²) in [6.07, 6.45) is 1.04. The molecule has 1 aromatic rings. The molecule has 116 valence electrons. The Morgan fingerprint density at radius 2 is 2.14 bits per heavy atom. The van der Waals surface area contributed by atoms with Gasteiger partial charge in [0.25, 0.3) is 5.91 Å². The molecular formula is C15H21BrN2O2S. The zero-order valence-electron chi connectivity index (χ0n) is 12.3. The third kappa shape index (κ3) is 4.22. The molecule has 1 saturated heterocycles. The van der Waals surface area contributed by atoms with Gasteiger partial charge in [-0.3, -0.25) is 14.9 Å². The van der Waals surface area contributed by atoms with E-state index in [1.165, 1.54) is 0 Å². The van der Waals surface area contributed by atoms with E-state index in [0.717, 1.165) is 28.8 Å². The van der Waals surface area contributed by atoms with Crippen LogP contribution in [0.25, 0.3) is 0 Å². The molecule has 0 spiro atoms. The van der Waals surface area contributed by atoms with Crippen molar-refractivity contribution in [3.8, 4) is 0 Å². The van der Waals surface area contributed by atoms with Crippen molar-refractivity contribution in [1.29, 1.82) is 0 Å². The Morgan fingerprint density at radius 3 is 2.76 bits per heavy atom. The summed E-state index contributed by atoms with van der Waals surface area (Å²) in [5, 5.41) is 9.09. The summed E-state index contributed by atoms with van der Waals surface area (Å²) in [4.78, 5) is 14.3. The SMILES string of the molecule is CC1(C)SCCCN(Cc2ccc(Br)cc2)[C@H]1C(=O)NO. The van der Waals surface area contributed by atoms with Crippen molar-refractivity contribution in [2.24, 2.45) is 0 Å². The average molecular weight is 373 g/mol. The zero-order chi connectivity index (χ0) is 15.5. The third-order valence-corrected chi connectivity index (χ3v) is 5.73. The molecule has 6 heteroatoms. The number of benzene rings is 1. The van der Waals surface area contributed by atoms with Crippen LogP contribution >= 0.6 is 27.7 Å². The van der Waals surface area contributed by atoms with Crippen molar-refractivity contribution in [1.82, 2.24) is 10.4 Å². The van der Waals surface area contributed by atoms with E-state index in [1.807, 2.05) is 17.6 Å². The van der Waals surface area contributed by atoms with E-state index >= 15 is 0 Å². The van der Waals surface area contributed by atoms with Crippen molar-refractivity contribution in [3.05, 3.63) is 34.3 Å². The van der Waals surface area contributed by atoms with Gasteiger partial charge < -0.3 is 0 Å². The lowest BCUT2D eigenvalue weighted by atomic mass is 9.99. The number of nitrogens with zero attached hydrogens (tertiary/aromatic N) is 1. The molecule has 1 fully saturated rings. The molecule has 0 aromatic heterocycles. The van der Waals surface area contributed by atoms with Crippen LogP contribution in [-0.4, -0.2) is 39.1 Å². The first-order valence-electron chi connectivity index (χ1n) is 7.00. The number of hydrogen-bond acceptors (Lipinski definition) is 4. The van der Waals surface area contributed by atoms with Gasteiger partial charge in [0, 0.05) is 22.3 Å². The summed E-state index contributed by atoms with van der Waals surface area (Å²) in [6.45, 7) is 5.69. The van der Waals surface area contributed by atoms with Gasteiger partial charge in [-0.2, -0.15) is 11.8 Å². The van der Waals surface area contributed by atoms with Crippen LogP contribution < -0.4 is 5.48 Å². The van der Waals surface area contributed by atoms with Crippen molar-refractivity contribution >= 4 is 33.6 Å². The van der Waals surface area contributed by atoms with E-state index in [2.05, 4.69) is 46.8 Å². The largest absolute Gasteiger partial charge is 0.289 e. The first-order valence-corrected chi connectivity index (χ1v) is 8.78. The highest BCUT2D eigenvalue weighted by Crippen LogP contribution is 2.35. The fourth-order valence-corrected chi connectivity index (χ4v) is 4.27. The number of carbonyl (C=O) groups excluding carboxylic acids is 1. The molecule has 0 saturated carbocycles. The molecule has 4 nitrogen and oxygen atoms in total. The van der Waals surface area contributed by atoms with Crippen LogP contribution in [0.15, 0.2) is 28.7 Å². The predicted molar refractivity (Wildman–Crippen MR) is 89.4 cm³/mol. The molecule has 1 aromatic carbocycles. The highest BCUT2D eigenvalue weighted by atomic mass is 79.9. The van der Waals surface area contributed by atoms with E-state index in [-0.39, 0.29) is 16.7 Å². The Balaban J connectivity index is 2.24. The van der Waals surface area contributed by atoms with Gasteiger partial charge in [-0.25, -0.2) is 5.48 Å². The summed E-state index contributed by atoms with van der Waals surface area (Å²) in [6, 6.07) is 7.78. The van der Waals surface area contributed by atoms with Crippen LogP contribution in [-0.2, 0) is 11.3 Å². The third-order valence-electron chi connectivity index (χ3n) is 3.74. The van der Waals surface area contributed by atoms with Crippen molar-refractivity contribution in [2.45, 2.75) is 37.6 Å². The van der Waals surface area contributed by atoms with Gasteiger partial charge in [-0.1, -0.05) is 28.1 Å². The number of rotatable bonds is 3. The number of nitrogens with one attached hydrogen (secondary N) is 1. The number of carbonyl (C=O) groups is 1. The van der Waals surface area contributed by atoms with Gasteiger partial charge in [0.2, 0.25) is 0 Å². The zero-order valence-corrected chi connectivity index (χ0v) is 14.7. The predicted octanol–water partition coefficient (Wildman–Crippen LogP) is 3.04. The van der Waals surface area contributed by atoms with Gasteiger partial charge >= 0.3 is 0 Å². The van der Waals surface area contributed by atoms with Gasteiger partial charge in [0.15, 0.2) is 0 Å². The number of hydroxylamine groups is 1. The van der Waals surface area contributed by atoms with Crippen LogP contribution in [0, 0.1) is 0 Å². The van der Waals surface area contributed by atoms with Crippen LogP contribution in [0.1, 0.15) is 25.8 Å². The maximum atomic E-state index is 12.2. The molecule has 1 heterocycles. The molecule has 2 N–H and O–H groups in total. The smallest absolute Gasteiger partial charge is 0.262 e. The Bertz CT molecular complexity index is 493. The molecule has 1 atom stereocenters. The Hall–Kier alpha value is -0.560. The molecule has 0 unspecified atom stereocenters. The molecule has 1 aliphatic heterocycles. The van der Waals surface area contributed by atoms with Crippen LogP contribution in [0.5, 0.6) is 0 Å². The van der Waals surface area contributed by atoms with Gasteiger partial charge in [-0.05, 0) is 43.7 Å². The maximum absolute atomic E-state index is 12.2. The van der Waals surface area contributed by atoms with E-state index < -0.39 is 0 Å². The fourth-order valence-electron chi connectivity index (χ4n) is 2.79. The lowest BCUT2D eigenvalue weighted by Gasteiger charge is -2.37. The van der Waals surface area contributed by atoms with Gasteiger partial charge in [0.1, 0.15) is 6.04 Å². The summed E-state index contributed by atoms with van der Waals surface area (Å²) in [5.41, 5.74) is 3.01. The van der Waals surface area contributed by atoms with Crippen molar-refractivity contribution < 1.29 is 10.0 Å². The quantitative estimate of drug-likeness (QED) is 0.632. The van der Waals surface area contributed by atoms with Crippen LogP contribution in [0.2, 0.25) is 0 Å². The second kappa shape index (κ2) is 7.13. The van der Waals surface area contributed by atoms with Crippen molar-refractivity contribution in [2.75, 3.05) is 12.3 Å². The van der Waals surface area contributed by atoms with Crippen LogP contribution in [0.3, 0.4) is 0 Å².